The number of ether oxygens (including phenoxy) is 1. The van der Waals surface area contributed by atoms with Crippen molar-refractivity contribution in [3.05, 3.63) is 0 Å². The Morgan fingerprint density at radius 3 is 2.70 bits per heavy atom. The van der Waals surface area contributed by atoms with Gasteiger partial charge in [-0.3, -0.25) is 0 Å². The van der Waals surface area contributed by atoms with Gasteiger partial charge in [-0.2, -0.15) is 0 Å². The molecule has 0 aromatic heterocycles. The maximum atomic E-state index is 10.8. The molecule has 0 saturated heterocycles. The number of hydrogen-bond donors (Lipinski definition) is 0. The molecule has 56 valence electrons. The first kappa shape index (κ1) is 10.7. The molecule has 0 atom stereocenters. The van der Waals surface area contributed by atoms with E-state index in [0.717, 1.165) is 3.93 Å². The summed E-state index contributed by atoms with van der Waals surface area (Å²) in [4.78, 5) is 10.8. The zero-order valence-electron chi connectivity index (χ0n) is 6.39. The standard InChI is InChI=1S/C6H11O2.ClH.Hg/c1-4-6(7)8-5(2)3;;/h5H,1,4H2,2-3H3;1H;/q;;+1/p-1. The normalized spacial score (nSPS) is 9.20. The van der Waals surface area contributed by atoms with Gasteiger partial charge >= 0.3 is 77.4 Å². The molecule has 0 aromatic carbocycles. The van der Waals surface area contributed by atoms with Crippen LogP contribution in [0.5, 0.6) is 0 Å². The van der Waals surface area contributed by atoms with Crippen LogP contribution in [0.15, 0.2) is 0 Å². The fourth-order valence-electron chi connectivity index (χ4n) is 0.533. The Kier molecular flexibility index (Phi) is 6.85. The molecule has 0 aliphatic carbocycles. The van der Waals surface area contributed by atoms with E-state index in [1.807, 2.05) is 13.8 Å². The van der Waals surface area contributed by atoms with Crippen molar-refractivity contribution in [2.24, 2.45) is 0 Å². The molecule has 0 bridgehead atoms. The Bertz CT molecular complexity index is 106. The van der Waals surface area contributed by atoms with E-state index in [-0.39, 0.29) is 12.1 Å². The molecular formula is C6H11ClHgO2. The Morgan fingerprint density at radius 1 is 1.70 bits per heavy atom. The summed E-state index contributed by atoms with van der Waals surface area (Å²) in [5, 5.41) is 0. The molecule has 0 heterocycles. The molecule has 0 radical (unpaired) electrons. The van der Waals surface area contributed by atoms with Crippen molar-refractivity contribution in [2.75, 3.05) is 0 Å². The van der Waals surface area contributed by atoms with Crippen LogP contribution in [0, 0.1) is 0 Å². The number of hydrogen-bond acceptors (Lipinski definition) is 2. The maximum absolute atomic E-state index is 10.8. The number of carbonyl (C=O) groups is 1. The van der Waals surface area contributed by atoms with Gasteiger partial charge in [-0.05, 0) is 0 Å². The first-order valence-electron chi connectivity index (χ1n) is 3.42. The van der Waals surface area contributed by atoms with Gasteiger partial charge in [0.15, 0.2) is 0 Å². The summed E-state index contributed by atoms with van der Waals surface area (Å²) in [6.07, 6.45) is 0.544. The molecule has 0 aliphatic heterocycles. The first-order valence-corrected chi connectivity index (χ1v) is 14.1. The van der Waals surface area contributed by atoms with Crippen molar-refractivity contribution in [2.45, 2.75) is 30.3 Å². The third-order valence-corrected chi connectivity index (χ3v) is 5.64. The predicted octanol–water partition coefficient (Wildman–Crippen LogP) is 1.98. The Balaban J connectivity index is 3.26. The van der Waals surface area contributed by atoms with Crippen LogP contribution in [-0.2, 0) is 32.9 Å². The Morgan fingerprint density at radius 2 is 2.30 bits per heavy atom. The Labute approximate surface area is 77.1 Å². The van der Waals surface area contributed by atoms with Crippen molar-refractivity contribution >= 4 is 14.2 Å². The average molecular weight is 351 g/mol. The van der Waals surface area contributed by atoms with Gasteiger partial charge < -0.3 is 0 Å². The van der Waals surface area contributed by atoms with E-state index in [9.17, 15) is 4.79 Å². The van der Waals surface area contributed by atoms with Crippen molar-refractivity contribution in [3.8, 4) is 0 Å². The van der Waals surface area contributed by atoms with E-state index in [2.05, 4.69) is 0 Å². The van der Waals surface area contributed by atoms with Gasteiger partial charge in [0.05, 0.1) is 0 Å². The fourth-order valence-corrected chi connectivity index (χ4v) is 3.35. The van der Waals surface area contributed by atoms with Gasteiger partial charge in [0.25, 0.3) is 0 Å². The van der Waals surface area contributed by atoms with Gasteiger partial charge in [0.1, 0.15) is 0 Å². The molecule has 0 aliphatic rings. The summed E-state index contributed by atoms with van der Waals surface area (Å²) in [7, 11) is 5.60. The van der Waals surface area contributed by atoms with E-state index in [1.165, 1.54) is 0 Å². The zero-order chi connectivity index (χ0) is 7.98. The SMILES string of the molecule is CC(C)OC(=O)C[CH2][Hg][Cl]. The molecule has 2 nitrogen and oxygen atoms in total. The third-order valence-electron chi connectivity index (χ3n) is 0.882. The van der Waals surface area contributed by atoms with Crippen LogP contribution >= 0.6 is 8.25 Å². The van der Waals surface area contributed by atoms with Gasteiger partial charge in [0.2, 0.25) is 0 Å². The van der Waals surface area contributed by atoms with Crippen molar-refractivity contribution in [1.82, 2.24) is 0 Å². The molecule has 4 heteroatoms. The quantitative estimate of drug-likeness (QED) is 0.572. The topological polar surface area (TPSA) is 26.3 Å². The summed E-state index contributed by atoms with van der Waals surface area (Å²) in [5.74, 6) is -0.101. The number of halogens is 1. The number of esters is 1. The second-order valence-electron chi connectivity index (χ2n) is 2.33. The second kappa shape index (κ2) is 6.41. The van der Waals surface area contributed by atoms with Crippen molar-refractivity contribution in [3.63, 3.8) is 0 Å². The second-order valence-corrected chi connectivity index (χ2v) is 9.87. The summed E-state index contributed by atoms with van der Waals surface area (Å²) >= 11 is -1.10. The fraction of sp³-hybridized carbons (Fsp3) is 0.833. The molecule has 0 spiro atoms. The molecule has 0 aromatic rings. The summed E-state index contributed by atoms with van der Waals surface area (Å²) < 4.78 is 5.81. The molecule has 0 saturated carbocycles. The molecule has 0 unspecified atom stereocenters. The predicted molar refractivity (Wildman–Crippen MR) is 36.5 cm³/mol. The molecule has 10 heavy (non-hydrogen) atoms. The summed E-state index contributed by atoms with van der Waals surface area (Å²) in [6, 6.07) is 0. The van der Waals surface area contributed by atoms with Gasteiger partial charge in [-0.1, -0.05) is 0 Å². The van der Waals surface area contributed by atoms with Crippen LogP contribution in [0.2, 0.25) is 3.93 Å². The molecule has 0 rings (SSSR count). The van der Waals surface area contributed by atoms with Crippen LogP contribution in [0.4, 0.5) is 0 Å². The minimum absolute atomic E-state index is 0.0134. The van der Waals surface area contributed by atoms with Crippen molar-refractivity contribution in [1.29, 1.82) is 0 Å². The molecular weight excluding hydrogens is 340 g/mol. The van der Waals surface area contributed by atoms with Gasteiger partial charge in [0, 0.05) is 0 Å². The Hall–Kier alpha value is 0.695. The molecule has 0 fully saturated rings. The number of rotatable bonds is 4. The van der Waals surface area contributed by atoms with Crippen LogP contribution in [0.1, 0.15) is 20.3 Å². The monoisotopic (exact) mass is 352 g/mol. The zero-order valence-corrected chi connectivity index (χ0v) is 12.6. The van der Waals surface area contributed by atoms with E-state index < -0.39 is 23.3 Å². The summed E-state index contributed by atoms with van der Waals surface area (Å²) in [6.45, 7) is 3.70. The average Bonchev–Trinajstić information content (AvgIpc) is 1.82. The van der Waals surface area contributed by atoms with E-state index in [1.54, 1.807) is 0 Å². The van der Waals surface area contributed by atoms with Crippen molar-refractivity contribution < 1.29 is 32.9 Å². The van der Waals surface area contributed by atoms with Crippen LogP contribution in [0.25, 0.3) is 0 Å². The van der Waals surface area contributed by atoms with Crippen LogP contribution in [0.3, 0.4) is 0 Å². The molecule has 0 N–H and O–H groups in total. The number of carbonyl (C=O) groups excluding carboxylic acids is 1. The van der Waals surface area contributed by atoms with E-state index >= 15 is 0 Å². The van der Waals surface area contributed by atoms with Crippen LogP contribution in [-0.4, -0.2) is 12.1 Å². The molecule has 0 amide bonds. The third kappa shape index (κ3) is 6.81. The van der Waals surface area contributed by atoms with Gasteiger partial charge in [-0.15, -0.1) is 0 Å². The summed E-state index contributed by atoms with van der Waals surface area (Å²) in [5.41, 5.74) is 0. The van der Waals surface area contributed by atoms with E-state index in [0.29, 0.717) is 6.42 Å². The minimum atomic E-state index is -1.10. The van der Waals surface area contributed by atoms with Gasteiger partial charge in [-0.25, -0.2) is 0 Å². The first-order chi connectivity index (χ1) is 4.66. The van der Waals surface area contributed by atoms with E-state index in [4.69, 9.17) is 13.0 Å². The van der Waals surface area contributed by atoms with Crippen LogP contribution < -0.4 is 0 Å².